The van der Waals surface area contributed by atoms with Crippen LogP contribution in [-0.2, 0) is 12.0 Å². The molecule has 1 unspecified atom stereocenters. The van der Waals surface area contributed by atoms with Gasteiger partial charge in [0.15, 0.2) is 0 Å². The van der Waals surface area contributed by atoms with Crippen molar-refractivity contribution in [2.24, 2.45) is 5.73 Å². The van der Waals surface area contributed by atoms with E-state index in [0.717, 1.165) is 30.4 Å². The van der Waals surface area contributed by atoms with E-state index in [1.165, 1.54) is 12.1 Å². The second kappa shape index (κ2) is 3.91. The highest BCUT2D eigenvalue weighted by molar-refractivity contribution is 5.35. The van der Waals surface area contributed by atoms with Gasteiger partial charge in [0, 0.05) is 0 Å². The number of aryl methyl sites for hydroxylation is 1. The molecule has 0 radical (unpaired) electrons. The van der Waals surface area contributed by atoms with Gasteiger partial charge in [0.05, 0.1) is 5.60 Å². The summed E-state index contributed by atoms with van der Waals surface area (Å²) in [4.78, 5) is 0. The Balaban J connectivity index is 2.42. The van der Waals surface area contributed by atoms with Gasteiger partial charge in [-0.3, -0.25) is 0 Å². The number of aliphatic hydroxyl groups is 1. The first-order valence-electron chi connectivity index (χ1n) is 5.37. The van der Waals surface area contributed by atoms with Gasteiger partial charge in [-0.25, -0.2) is 4.39 Å². The summed E-state index contributed by atoms with van der Waals surface area (Å²) in [6.07, 6.45) is 3.02. The van der Waals surface area contributed by atoms with Gasteiger partial charge in [-0.05, 0) is 55.5 Å². The van der Waals surface area contributed by atoms with E-state index in [0.29, 0.717) is 13.0 Å². The van der Waals surface area contributed by atoms with Crippen LogP contribution in [0.5, 0.6) is 0 Å². The van der Waals surface area contributed by atoms with Crippen molar-refractivity contribution in [3.05, 3.63) is 35.1 Å². The van der Waals surface area contributed by atoms with Crippen molar-refractivity contribution in [2.75, 3.05) is 6.54 Å². The molecule has 0 saturated carbocycles. The quantitative estimate of drug-likeness (QED) is 0.778. The Bertz CT molecular complexity index is 367. The minimum Gasteiger partial charge on any atom is -0.385 e. The standard InChI is InChI=1S/C12H16FNO/c13-10-3-4-11-9(8-10)2-1-5-12(11,15)6-7-14/h3-4,8,15H,1-2,5-7,14H2. The van der Waals surface area contributed by atoms with Gasteiger partial charge >= 0.3 is 0 Å². The molecular formula is C12H16FNO. The molecule has 2 rings (SSSR count). The summed E-state index contributed by atoms with van der Waals surface area (Å²) in [5.74, 6) is -0.231. The summed E-state index contributed by atoms with van der Waals surface area (Å²) in [6.45, 7) is 0.452. The van der Waals surface area contributed by atoms with Gasteiger partial charge < -0.3 is 10.8 Å². The van der Waals surface area contributed by atoms with E-state index in [1.807, 2.05) is 0 Å². The summed E-state index contributed by atoms with van der Waals surface area (Å²) in [5, 5.41) is 10.4. The Labute approximate surface area is 88.9 Å². The summed E-state index contributed by atoms with van der Waals surface area (Å²) < 4.78 is 13.0. The Morgan fingerprint density at radius 1 is 1.47 bits per heavy atom. The van der Waals surface area contributed by atoms with Crippen LogP contribution in [0.25, 0.3) is 0 Å². The van der Waals surface area contributed by atoms with Crippen LogP contribution in [0.3, 0.4) is 0 Å². The summed E-state index contributed by atoms with van der Waals surface area (Å²) in [7, 11) is 0. The molecule has 0 saturated heterocycles. The zero-order chi connectivity index (χ0) is 10.9. The zero-order valence-corrected chi connectivity index (χ0v) is 8.67. The van der Waals surface area contributed by atoms with Crippen molar-refractivity contribution in [1.29, 1.82) is 0 Å². The first kappa shape index (κ1) is 10.6. The van der Waals surface area contributed by atoms with Crippen molar-refractivity contribution in [3.63, 3.8) is 0 Å². The highest BCUT2D eigenvalue weighted by Gasteiger charge is 2.33. The van der Waals surface area contributed by atoms with Crippen molar-refractivity contribution in [3.8, 4) is 0 Å². The van der Waals surface area contributed by atoms with E-state index in [4.69, 9.17) is 5.73 Å². The second-order valence-electron chi connectivity index (χ2n) is 4.23. The van der Waals surface area contributed by atoms with Crippen LogP contribution in [0.1, 0.15) is 30.4 Å². The normalized spacial score (nSPS) is 25.0. The Hall–Kier alpha value is -0.930. The Kier molecular flexibility index (Phi) is 2.76. The predicted octanol–water partition coefficient (Wildman–Crippen LogP) is 1.70. The molecule has 1 atom stereocenters. The van der Waals surface area contributed by atoms with Gasteiger partial charge in [0.1, 0.15) is 5.82 Å². The molecule has 0 amide bonds. The van der Waals surface area contributed by atoms with Crippen molar-refractivity contribution in [2.45, 2.75) is 31.3 Å². The first-order valence-corrected chi connectivity index (χ1v) is 5.37. The number of rotatable bonds is 2. The van der Waals surface area contributed by atoms with Crippen LogP contribution < -0.4 is 5.73 Å². The lowest BCUT2D eigenvalue weighted by Crippen LogP contribution is -2.33. The molecule has 3 heteroatoms. The van der Waals surface area contributed by atoms with Crippen LogP contribution in [0.4, 0.5) is 4.39 Å². The molecule has 0 bridgehead atoms. The van der Waals surface area contributed by atoms with Gasteiger partial charge in [0.2, 0.25) is 0 Å². The molecule has 0 spiro atoms. The van der Waals surface area contributed by atoms with Gasteiger partial charge in [0.25, 0.3) is 0 Å². The molecule has 1 aliphatic rings. The van der Waals surface area contributed by atoms with Crippen LogP contribution in [0.2, 0.25) is 0 Å². The van der Waals surface area contributed by atoms with E-state index < -0.39 is 5.60 Å². The van der Waals surface area contributed by atoms with Crippen LogP contribution in [0, 0.1) is 5.82 Å². The van der Waals surface area contributed by atoms with E-state index in [-0.39, 0.29) is 5.82 Å². The van der Waals surface area contributed by atoms with Crippen molar-refractivity contribution >= 4 is 0 Å². The van der Waals surface area contributed by atoms with Crippen LogP contribution in [0.15, 0.2) is 18.2 Å². The van der Waals surface area contributed by atoms with Crippen molar-refractivity contribution in [1.82, 2.24) is 0 Å². The third kappa shape index (κ3) is 1.90. The molecule has 3 N–H and O–H groups in total. The van der Waals surface area contributed by atoms with Gasteiger partial charge in [-0.1, -0.05) is 6.07 Å². The summed E-state index contributed by atoms with van der Waals surface area (Å²) in [5.41, 5.74) is 6.45. The molecule has 1 aromatic rings. The fourth-order valence-electron chi connectivity index (χ4n) is 2.43. The van der Waals surface area contributed by atoms with E-state index in [1.54, 1.807) is 6.07 Å². The molecule has 82 valence electrons. The zero-order valence-electron chi connectivity index (χ0n) is 8.67. The lowest BCUT2D eigenvalue weighted by molar-refractivity contribution is 0.0124. The maximum Gasteiger partial charge on any atom is 0.123 e. The van der Waals surface area contributed by atoms with Crippen molar-refractivity contribution < 1.29 is 9.50 Å². The molecule has 15 heavy (non-hydrogen) atoms. The lowest BCUT2D eigenvalue weighted by atomic mass is 9.77. The van der Waals surface area contributed by atoms with Gasteiger partial charge in [-0.15, -0.1) is 0 Å². The maximum absolute atomic E-state index is 13.0. The number of hydrogen-bond acceptors (Lipinski definition) is 2. The number of fused-ring (bicyclic) bond motifs is 1. The molecule has 0 aliphatic heterocycles. The number of hydrogen-bond donors (Lipinski definition) is 2. The highest BCUT2D eigenvalue weighted by atomic mass is 19.1. The van der Waals surface area contributed by atoms with Gasteiger partial charge in [-0.2, -0.15) is 0 Å². The largest absolute Gasteiger partial charge is 0.385 e. The summed E-state index contributed by atoms with van der Waals surface area (Å²) >= 11 is 0. The molecular weight excluding hydrogens is 193 g/mol. The molecule has 0 aromatic heterocycles. The highest BCUT2D eigenvalue weighted by Crippen LogP contribution is 2.37. The van der Waals surface area contributed by atoms with E-state index in [9.17, 15) is 9.50 Å². The average Bonchev–Trinajstić information content (AvgIpc) is 2.17. The SMILES string of the molecule is NCCC1(O)CCCc2cc(F)ccc21. The topological polar surface area (TPSA) is 46.2 Å². The fraction of sp³-hybridized carbons (Fsp3) is 0.500. The molecule has 2 nitrogen and oxygen atoms in total. The average molecular weight is 209 g/mol. The van der Waals surface area contributed by atoms with E-state index in [2.05, 4.69) is 0 Å². The summed E-state index contributed by atoms with van der Waals surface area (Å²) in [6, 6.07) is 4.63. The number of halogens is 1. The minimum atomic E-state index is -0.837. The first-order chi connectivity index (χ1) is 7.15. The maximum atomic E-state index is 13.0. The predicted molar refractivity (Wildman–Crippen MR) is 56.9 cm³/mol. The molecule has 0 fully saturated rings. The third-order valence-corrected chi connectivity index (χ3v) is 3.16. The van der Waals surface area contributed by atoms with E-state index >= 15 is 0 Å². The lowest BCUT2D eigenvalue weighted by Gasteiger charge is -2.34. The number of benzene rings is 1. The number of nitrogens with two attached hydrogens (primary N) is 1. The second-order valence-corrected chi connectivity index (χ2v) is 4.23. The minimum absolute atomic E-state index is 0.231. The Morgan fingerprint density at radius 2 is 2.27 bits per heavy atom. The van der Waals surface area contributed by atoms with Crippen LogP contribution in [-0.4, -0.2) is 11.7 Å². The monoisotopic (exact) mass is 209 g/mol. The van der Waals surface area contributed by atoms with Crippen LogP contribution >= 0.6 is 0 Å². The third-order valence-electron chi connectivity index (χ3n) is 3.16. The molecule has 1 aromatic carbocycles. The smallest absolute Gasteiger partial charge is 0.123 e. The fourth-order valence-corrected chi connectivity index (χ4v) is 2.43. The molecule has 0 heterocycles. The Morgan fingerprint density at radius 3 is 3.00 bits per heavy atom. The molecule has 1 aliphatic carbocycles.